The molecule has 72 valence electrons. The summed E-state index contributed by atoms with van der Waals surface area (Å²) in [5, 5.41) is 10.1. The summed E-state index contributed by atoms with van der Waals surface area (Å²) >= 11 is 1.68. The lowest BCUT2D eigenvalue weighted by atomic mass is 9.93. The van der Waals surface area contributed by atoms with Gasteiger partial charge in [-0.2, -0.15) is 0 Å². The zero-order valence-electron chi connectivity index (χ0n) is 8.37. The van der Waals surface area contributed by atoms with E-state index in [2.05, 4.69) is 0 Å². The quantitative estimate of drug-likeness (QED) is 0.750. The zero-order chi connectivity index (χ0) is 9.90. The normalized spacial score (nSPS) is 15.4. The molecule has 1 unspecified atom stereocenters. The van der Waals surface area contributed by atoms with E-state index in [9.17, 15) is 5.11 Å². The molecule has 0 saturated carbocycles. The minimum Gasteiger partial charge on any atom is -0.385 e. The van der Waals surface area contributed by atoms with E-state index in [4.69, 9.17) is 0 Å². The molecule has 0 radical (unpaired) electrons. The van der Waals surface area contributed by atoms with E-state index in [0.717, 1.165) is 16.9 Å². The lowest BCUT2D eigenvalue weighted by Gasteiger charge is -2.24. The second kappa shape index (κ2) is 4.16. The molecule has 1 aromatic carbocycles. The minimum atomic E-state index is -0.695. The smallest absolute Gasteiger partial charge is 0.0876 e. The van der Waals surface area contributed by atoms with Crippen LogP contribution in [0.1, 0.15) is 25.8 Å². The molecule has 0 aliphatic rings. The van der Waals surface area contributed by atoms with Crippen LogP contribution in [0.3, 0.4) is 0 Å². The molecular formula is C11H16OS. The molecule has 13 heavy (non-hydrogen) atoms. The average Bonchev–Trinajstić information content (AvgIpc) is 2.18. The van der Waals surface area contributed by atoms with Crippen molar-refractivity contribution in [3.8, 4) is 0 Å². The van der Waals surface area contributed by atoms with Crippen LogP contribution in [0.4, 0.5) is 0 Å². The molecule has 2 heteroatoms. The monoisotopic (exact) mass is 196 g/mol. The van der Waals surface area contributed by atoms with Gasteiger partial charge in [-0.1, -0.05) is 25.1 Å². The molecule has 1 nitrogen and oxygen atoms in total. The predicted molar refractivity (Wildman–Crippen MR) is 58.1 cm³/mol. The molecule has 1 rings (SSSR count). The summed E-state index contributed by atoms with van der Waals surface area (Å²) in [4.78, 5) is 1.16. The van der Waals surface area contributed by atoms with Crippen molar-refractivity contribution in [3.63, 3.8) is 0 Å². The molecule has 0 aliphatic heterocycles. The van der Waals surface area contributed by atoms with Crippen molar-refractivity contribution in [2.24, 2.45) is 0 Å². The van der Waals surface area contributed by atoms with Crippen LogP contribution in [0, 0.1) is 0 Å². The van der Waals surface area contributed by atoms with E-state index in [1.165, 1.54) is 0 Å². The highest BCUT2D eigenvalue weighted by molar-refractivity contribution is 7.98. The zero-order valence-corrected chi connectivity index (χ0v) is 9.19. The Balaban J connectivity index is 3.12. The number of rotatable bonds is 3. The Morgan fingerprint density at radius 1 is 1.38 bits per heavy atom. The summed E-state index contributed by atoms with van der Waals surface area (Å²) in [6, 6.07) is 8.01. The molecule has 1 N–H and O–H groups in total. The van der Waals surface area contributed by atoms with Gasteiger partial charge < -0.3 is 5.11 Å². The van der Waals surface area contributed by atoms with Crippen LogP contribution in [-0.4, -0.2) is 11.4 Å². The van der Waals surface area contributed by atoms with Crippen molar-refractivity contribution in [2.75, 3.05) is 6.26 Å². The fourth-order valence-electron chi connectivity index (χ4n) is 1.28. The Morgan fingerprint density at radius 3 is 2.54 bits per heavy atom. The summed E-state index contributed by atoms with van der Waals surface area (Å²) in [5.74, 6) is 0. The van der Waals surface area contributed by atoms with Gasteiger partial charge in [0.25, 0.3) is 0 Å². The van der Waals surface area contributed by atoms with Crippen molar-refractivity contribution >= 4 is 11.8 Å². The number of aliphatic hydroxyl groups is 1. The summed E-state index contributed by atoms with van der Waals surface area (Å²) in [5.41, 5.74) is 0.338. The van der Waals surface area contributed by atoms with Gasteiger partial charge in [0.1, 0.15) is 0 Å². The average molecular weight is 196 g/mol. The molecule has 0 fully saturated rings. The molecule has 0 saturated heterocycles. The van der Waals surface area contributed by atoms with Gasteiger partial charge in [0, 0.05) is 4.90 Å². The topological polar surface area (TPSA) is 20.2 Å². The SMILES string of the molecule is CCC(C)(O)c1ccccc1SC. The van der Waals surface area contributed by atoms with Crippen LogP contribution in [0.25, 0.3) is 0 Å². The molecule has 1 atom stereocenters. The first kappa shape index (κ1) is 10.6. The molecule has 0 aromatic heterocycles. The van der Waals surface area contributed by atoms with Crippen LogP contribution in [0.15, 0.2) is 29.2 Å². The van der Waals surface area contributed by atoms with Crippen LogP contribution in [0.2, 0.25) is 0 Å². The Kier molecular flexibility index (Phi) is 3.40. The summed E-state index contributed by atoms with van der Waals surface area (Å²) < 4.78 is 0. The second-order valence-corrected chi connectivity index (χ2v) is 4.18. The number of benzene rings is 1. The summed E-state index contributed by atoms with van der Waals surface area (Å²) in [6.07, 6.45) is 2.77. The Bertz CT molecular complexity index is 281. The number of hydrogen-bond donors (Lipinski definition) is 1. The third-order valence-electron chi connectivity index (χ3n) is 2.38. The first-order valence-electron chi connectivity index (χ1n) is 4.47. The van der Waals surface area contributed by atoms with E-state index < -0.39 is 5.60 Å². The highest BCUT2D eigenvalue weighted by Crippen LogP contribution is 2.31. The van der Waals surface area contributed by atoms with Crippen LogP contribution >= 0.6 is 11.8 Å². The molecule has 1 aromatic rings. The molecule has 0 bridgehead atoms. The maximum absolute atomic E-state index is 10.1. The van der Waals surface area contributed by atoms with Crippen molar-refractivity contribution in [1.29, 1.82) is 0 Å². The van der Waals surface area contributed by atoms with Crippen LogP contribution in [-0.2, 0) is 5.60 Å². The Morgan fingerprint density at radius 2 is 2.00 bits per heavy atom. The highest BCUT2D eigenvalue weighted by Gasteiger charge is 2.22. The first-order chi connectivity index (χ1) is 6.11. The maximum atomic E-state index is 10.1. The Hall–Kier alpha value is -0.470. The number of hydrogen-bond acceptors (Lipinski definition) is 2. The second-order valence-electron chi connectivity index (χ2n) is 3.33. The van der Waals surface area contributed by atoms with Crippen molar-refractivity contribution < 1.29 is 5.11 Å². The van der Waals surface area contributed by atoms with E-state index in [0.29, 0.717) is 0 Å². The number of thioether (sulfide) groups is 1. The van der Waals surface area contributed by atoms with Gasteiger partial charge in [0.2, 0.25) is 0 Å². The van der Waals surface area contributed by atoms with Crippen LogP contribution < -0.4 is 0 Å². The van der Waals surface area contributed by atoms with Gasteiger partial charge in [-0.05, 0) is 31.2 Å². The predicted octanol–water partition coefficient (Wildman–Crippen LogP) is 3.03. The maximum Gasteiger partial charge on any atom is 0.0876 e. The van der Waals surface area contributed by atoms with Crippen LogP contribution in [0.5, 0.6) is 0 Å². The third kappa shape index (κ3) is 2.26. The Labute approximate surface area is 84.2 Å². The van der Waals surface area contributed by atoms with E-state index >= 15 is 0 Å². The largest absolute Gasteiger partial charge is 0.385 e. The summed E-state index contributed by atoms with van der Waals surface area (Å²) in [7, 11) is 0. The molecule has 0 spiro atoms. The lowest BCUT2D eigenvalue weighted by Crippen LogP contribution is -2.20. The fourth-order valence-corrected chi connectivity index (χ4v) is 2.00. The van der Waals surface area contributed by atoms with E-state index in [1.807, 2.05) is 44.4 Å². The van der Waals surface area contributed by atoms with Gasteiger partial charge in [-0.15, -0.1) is 11.8 Å². The minimum absolute atomic E-state index is 0.695. The summed E-state index contributed by atoms with van der Waals surface area (Å²) in [6.45, 7) is 3.86. The van der Waals surface area contributed by atoms with Crippen molar-refractivity contribution in [1.82, 2.24) is 0 Å². The third-order valence-corrected chi connectivity index (χ3v) is 3.17. The van der Waals surface area contributed by atoms with Gasteiger partial charge in [0.15, 0.2) is 0 Å². The highest BCUT2D eigenvalue weighted by atomic mass is 32.2. The van der Waals surface area contributed by atoms with Gasteiger partial charge in [0.05, 0.1) is 5.60 Å². The molecule has 0 aliphatic carbocycles. The fraction of sp³-hybridized carbons (Fsp3) is 0.455. The van der Waals surface area contributed by atoms with E-state index in [1.54, 1.807) is 11.8 Å². The van der Waals surface area contributed by atoms with Gasteiger partial charge in [-0.3, -0.25) is 0 Å². The standard InChI is InChI=1S/C11H16OS/c1-4-11(2,12)9-7-5-6-8-10(9)13-3/h5-8,12H,4H2,1-3H3. The van der Waals surface area contributed by atoms with Gasteiger partial charge in [-0.25, -0.2) is 0 Å². The molecular weight excluding hydrogens is 180 g/mol. The molecule has 0 amide bonds. The van der Waals surface area contributed by atoms with E-state index in [-0.39, 0.29) is 0 Å². The van der Waals surface area contributed by atoms with Crippen molar-refractivity contribution in [2.45, 2.75) is 30.8 Å². The van der Waals surface area contributed by atoms with Crippen molar-refractivity contribution in [3.05, 3.63) is 29.8 Å². The van der Waals surface area contributed by atoms with Gasteiger partial charge >= 0.3 is 0 Å². The first-order valence-corrected chi connectivity index (χ1v) is 5.70. The lowest BCUT2D eigenvalue weighted by molar-refractivity contribution is 0.0504. The molecule has 0 heterocycles.